The molecule has 1 saturated carbocycles. The molecule has 35 heavy (non-hydrogen) atoms. The third-order valence-corrected chi connectivity index (χ3v) is 6.77. The molecular weight excluding hydrogens is 476 g/mol. The summed E-state index contributed by atoms with van der Waals surface area (Å²) in [6.07, 6.45) is -1.09. The number of ether oxygens (including phenoxy) is 1. The van der Waals surface area contributed by atoms with E-state index in [0.717, 1.165) is 29.7 Å². The summed E-state index contributed by atoms with van der Waals surface area (Å²) < 4.78 is 38.2. The van der Waals surface area contributed by atoms with Crippen molar-refractivity contribution in [3.63, 3.8) is 0 Å². The Kier molecular flexibility index (Phi) is 5.98. The van der Waals surface area contributed by atoms with Gasteiger partial charge in [0.2, 0.25) is 0 Å². The van der Waals surface area contributed by atoms with Crippen molar-refractivity contribution in [2.45, 2.75) is 38.7 Å². The van der Waals surface area contributed by atoms with E-state index in [4.69, 9.17) is 14.9 Å². The molecule has 3 aromatic heterocycles. The van der Waals surface area contributed by atoms with Crippen LogP contribution in [0.5, 0.6) is 5.75 Å². The van der Waals surface area contributed by atoms with Gasteiger partial charge >= 0.3 is 0 Å². The number of aryl methyl sites for hydroxylation is 1. The number of carbonyl (C=O) groups excluding carboxylic acids is 2. The minimum absolute atomic E-state index is 0.00717. The van der Waals surface area contributed by atoms with Gasteiger partial charge in [0, 0.05) is 5.39 Å². The van der Waals surface area contributed by atoms with E-state index < -0.39 is 18.2 Å². The van der Waals surface area contributed by atoms with Gasteiger partial charge in [-0.05, 0) is 67.1 Å². The second kappa shape index (κ2) is 9.10. The van der Waals surface area contributed by atoms with Crippen molar-refractivity contribution in [1.29, 1.82) is 0 Å². The Morgan fingerprint density at radius 1 is 1.26 bits per heavy atom. The molecule has 0 atom stereocenters. The third kappa shape index (κ3) is 4.74. The first kappa shape index (κ1) is 23.0. The number of carbonyl (C=O) groups is 2. The number of amides is 2. The van der Waals surface area contributed by atoms with E-state index in [-0.39, 0.29) is 39.4 Å². The van der Waals surface area contributed by atoms with Gasteiger partial charge in [-0.3, -0.25) is 9.59 Å². The van der Waals surface area contributed by atoms with Crippen LogP contribution >= 0.6 is 11.3 Å². The molecule has 1 aromatic carbocycles. The van der Waals surface area contributed by atoms with Crippen molar-refractivity contribution in [2.75, 3.05) is 5.32 Å². The van der Waals surface area contributed by atoms with E-state index in [1.807, 2.05) is 31.2 Å². The second-order valence-electron chi connectivity index (χ2n) is 8.39. The van der Waals surface area contributed by atoms with Gasteiger partial charge in [0.1, 0.15) is 33.5 Å². The summed E-state index contributed by atoms with van der Waals surface area (Å²) in [5, 5.41) is 3.18. The minimum Gasteiger partial charge on any atom is -0.486 e. The smallest absolute Gasteiger partial charge is 0.291 e. The van der Waals surface area contributed by atoms with E-state index in [2.05, 4.69) is 10.3 Å². The first-order valence-corrected chi connectivity index (χ1v) is 11.8. The molecule has 2 amide bonds. The number of anilines is 1. The molecule has 1 aliphatic rings. The van der Waals surface area contributed by atoms with E-state index >= 15 is 0 Å². The number of pyridine rings is 1. The molecule has 1 aliphatic carbocycles. The number of primary amides is 1. The second-order valence-corrected chi connectivity index (χ2v) is 9.39. The van der Waals surface area contributed by atoms with Crippen LogP contribution < -0.4 is 15.8 Å². The first-order chi connectivity index (χ1) is 16.8. The molecule has 3 N–H and O–H groups in total. The molecule has 0 spiro atoms. The fourth-order valence-electron chi connectivity index (χ4n) is 3.88. The zero-order valence-corrected chi connectivity index (χ0v) is 19.5. The number of rotatable bonds is 8. The number of nitrogens with zero attached hydrogens (tertiary/aromatic N) is 1. The molecule has 0 unspecified atom stereocenters. The Balaban J connectivity index is 1.42. The lowest BCUT2D eigenvalue weighted by Gasteiger charge is -2.09. The maximum absolute atomic E-state index is 13.4. The molecule has 1 fully saturated rings. The number of alkyl halides is 2. The maximum atomic E-state index is 13.4. The van der Waals surface area contributed by atoms with E-state index in [9.17, 15) is 18.4 Å². The lowest BCUT2D eigenvalue weighted by atomic mass is 10.0. The van der Waals surface area contributed by atoms with Crippen LogP contribution in [0.2, 0.25) is 0 Å². The number of fused-ring (bicyclic) bond motifs is 1. The molecule has 3 heterocycles. The normalized spacial score (nSPS) is 13.4. The van der Waals surface area contributed by atoms with Crippen LogP contribution in [-0.2, 0) is 6.61 Å². The first-order valence-electron chi connectivity index (χ1n) is 10.9. The van der Waals surface area contributed by atoms with Crippen molar-refractivity contribution in [1.82, 2.24) is 4.98 Å². The Labute approximate surface area is 202 Å². The number of nitrogens with two attached hydrogens (primary N) is 1. The number of benzene rings is 1. The summed E-state index contributed by atoms with van der Waals surface area (Å²) in [4.78, 5) is 29.4. The molecule has 0 radical (unpaired) electrons. The van der Waals surface area contributed by atoms with E-state index in [1.165, 1.54) is 12.1 Å². The largest absolute Gasteiger partial charge is 0.486 e. The summed E-state index contributed by atoms with van der Waals surface area (Å²) in [5.41, 5.74) is 7.04. The maximum Gasteiger partial charge on any atom is 0.291 e. The minimum atomic E-state index is -2.75. The predicted molar refractivity (Wildman–Crippen MR) is 127 cm³/mol. The number of nitrogens with one attached hydrogen (secondary N) is 1. The van der Waals surface area contributed by atoms with Gasteiger partial charge in [-0.2, -0.15) is 0 Å². The summed E-state index contributed by atoms with van der Waals surface area (Å²) in [5.74, 6) is -0.204. The Hall–Kier alpha value is -3.79. The van der Waals surface area contributed by atoms with Crippen molar-refractivity contribution in [3.8, 4) is 5.75 Å². The van der Waals surface area contributed by atoms with Crippen molar-refractivity contribution in [3.05, 3.63) is 75.7 Å². The average molecular weight is 498 g/mol. The summed E-state index contributed by atoms with van der Waals surface area (Å²) in [6, 6.07) is 12.0. The SMILES string of the molecule is Cc1cccc(OCc2ccc(C(=O)Nc3c(C(N)=O)sc4nc(C(F)F)cc(C5CC5)c34)o2)c1. The van der Waals surface area contributed by atoms with Crippen LogP contribution in [0.4, 0.5) is 14.5 Å². The lowest BCUT2D eigenvalue weighted by molar-refractivity contribution is 0.0992. The monoisotopic (exact) mass is 497 g/mol. The number of halogens is 2. The lowest BCUT2D eigenvalue weighted by Crippen LogP contribution is -2.16. The number of furan rings is 1. The average Bonchev–Trinajstić information content (AvgIpc) is 3.44. The quantitative estimate of drug-likeness (QED) is 0.313. The van der Waals surface area contributed by atoms with Crippen LogP contribution in [0.3, 0.4) is 0 Å². The Bertz CT molecular complexity index is 1440. The number of aromatic nitrogens is 1. The summed E-state index contributed by atoms with van der Waals surface area (Å²) in [6.45, 7) is 2.08. The van der Waals surface area contributed by atoms with Gasteiger partial charge in [-0.25, -0.2) is 13.8 Å². The molecular formula is C25H21F2N3O4S. The van der Waals surface area contributed by atoms with E-state index in [0.29, 0.717) is 22.5 Å². The van der Waals surface area contributed by atoms with Gasteiger partial charge < -0.3 is 20.2 Å². The molecule has 180 valence electrons. The molecule has 10 heteroatoms. The van der Waals surface area contributed by atoms with Crippen LogP contribution in [0, 0.1) is 6.92 Å². The van der Waals surface area contributed by atoms with Gasteiger partial charge in [0.15, 0.2) is 5.76 Å². The number of thiophene rings is 1. The molecule has 4 aromatic rings. The third-order valence-electron chi connectivity index (χ3n) is 5.67. The van der Waals surface area contributed by atoms with E-state index in [1.54, 1.807) is 6.07 Å². The van der Waals surface area contributed by atoms with Crippen LogP contribution in [0.15, 0.2) is 46.9 Å². The van der Waals surface area contributed by atoms with Crippen molar-refractivity contribution < 1.29 is 27.5 Å². The fraction of sp³-hybridized carbons (Fsp3) is 0.240. The highest BCUT2D eigenvalue weighted by Crippen LogP contribution is 2.48. The van der Waals surface area contributed by atoms with Crippen LogP contribution in [0.25, 0.3) is 10.2 Å². The molecule has 0 bridgehead atoms. The molecule has 0 aliphatic heterocycles. The zero-order chi connectivity index (χ0) is 24.7. The fourth-order valence-corrected chi connectivity index (χ4v) is 4.90. The highest BCUT2D eigenvalue weighted by atomic mass is 32.1. The number of hydrogen-bond donors (Lipinski definition) is 2. The van der Waals surface area contributed by atoms with Crippen LogP contribution in [-0.4, -0.2) is 16.8 Å². The van der Waals surface area contributed by atoms with Gasteiger partial charge in [0.25, 0.3) is 18.2 Å². The molecule has 7 nitrogen and oxygen atoms in total. The Morgan fingerprint density at radius 2 is 2.06 bits per heavy atom. The van der Waals surface area contributed by atoms with Gasteiger partial charge in [-0.1, -0.05) is 12.1 Å². The van der Waals surface area contributed by atoms with Crippen molar-refractivity contribution in [2.24, 2.45) is 5.73 Å². The van der Waals surface area contributed by atoms with Crippen LogP contribution in [0.1, 0.15) is 68.0 Å². The predicted octanol–water partition coefficient (Wildman–Crippen LogP) is 5.94. The molecule has 0 saturated heterocycles. The highest BCUT2D eigenvalue weighted by molar-refractivity contribution is 7.21. The topological polar surface area (TPSA) is 107 Å². The van der Waals surface area contributed by atoms with Crippen molar-refractivity contribution >= 4 is 39.1 Å². The number of hydrogen-bond acceptors (Lipinski definition) is 6. The zero-order valence-electron chi connectivity index (χ0n) is 18.6. The molecule has 5 rings (SSSR count). The highest BCUT2D eigenvalue weighted by Gasteiger charge is 2.32. The van der Waals surface area contributed by atoms with Gasteiger partial charge in [0.05, 0.1) is 5.69 Å². The van der Waals surface area contributed by atoms with Gasteiger partial charge in [-0.15, -0.1) is 11.3 Å². The standard InChI is InChI=1S/C25H21F2N3O4S/c1-12-3-2-4-14(9-12)33-11-15-7-8-18(34-15)24(32)30-20-19-16(13-5-6-13)10-17(22(26)27)29-25(19)35-21(20)23(28)31/h2-4,7-10,13,22H,5-6,11H2,1H3,(H2,28,31)(H,30,32). The summed E-state index contributed by atoms with van der Waals surface area (Å²) in [7, 11) is 0. The summed E-state index contributed by atoms with van der Waals surface area (Å²) >= 11 is 0.888. The Morgan fingerprint density at radius 3 is 2.74 bits per heavy atom.